The molecule has 4 rings (SSSR count). The lowest BCUT2D eigenvalue weighted by molar-refractivity contribution is -0.128. The number of carbonyl (C=O) groups excluding carboxylic acids is 1. The number of amides is 1. The topological polar surface area (TPSA) is 58.1 Å². The van der Waals surface area contributed by atoms with Crippen molar-refractivity contribution in [3.63, 3.8) is 0 Å². The first-order valence-electron chi connectivity index (χ1n) is 8.30. The first-order chi connectivity index (χ1) is 12.6. The highest BCUT2D eigenvalue weighted by molar-refractivity contribution is 9.10. The van der Waals surface area contributed by atoms with Crippen molar-refractivity contribution < 1.29 is 9.18 Å². The molecule has 5 nitrogen and oxygen atoms in total. The molecule has 3 heterocycles. The summed E-state index contributed by atoms with van der Waals surface area (Å²) in [7, 11) is 0. The summed E-state index contributed by atoms with van der Waals surface area (Å²) in [6.07, 6.45) is 4.13. The van der Waals surface area contributed by atoms with E-state index in [-0.39, 0.29) is 17.8 Å². The van der Waals surface area contributed by atoms with Gasteiger partial charge in [-0.2, -0.15) is 0 Å². The van der Waals surface area contributed by atoms with E-state index in [4.69, 9.17) is 0 Å². The molecular formula is C19H16BrFN4O. The minimum Gasteiger partial charge on any atom is -0.372 e. The fourth-order valence-electron chi connectivity index (χ4n) is 3.15. The number of nitrogens with zero attached hydrogens (tertiary/aromatic N) is 3. The zero-order chi connectivity index (χ0) is 18.1. The van der Waals surface area contributed by atoms with Gasteiger partial charge < -0.3 is 10.2 Å². The molecule has 0 radical (unpaired) electrons. The van der Waals surface area contributed by atoms with Crippen LogP contribution in [0.3, 0.4) is 0 Å². The zero-order valence-electron chi connectivity index (χ0n) is 13.8. The van der Waals surface area contributed by atoms with Gasteiger partial charge in [-0.15, -0.1) is 0 Å². The number of benzene rings is 1. The van der Waals surface area contributed by atoms with E-state index in [1.54, 1.807) is 29.4 Å². The Balaban J connectivity index is 1.50. The number of hydrogen-bond acceptors (Lipinski definition) is 4. The number of rotatable bonds is 4. The van der Waals surface area contributed by atoms with E-state index in [9.17, 15) is 9.18 Å². The number of hydrogen-bond donors (Lipinski definition) is 1. The molecule has 3 aromatic rings. The molecule has 0 bridgehead atoms. The van der Waals surface area contributed by atoms with Gasteiger partial charge in [0.2, 0.25) is 5.91 Å². The van der Waals surface area contributed by atoms with Gasteiger partial charge in [-0.05, 0) is 52.2 Å². The van der Waals surface area contributed by atoms with E-state index < -0.39 is 0 Å². The van der Waals surface area contributed by atoms with Crippen LogP contribution in [0.15, 0.2) is 53.3 Å². The van der Waals surface area contributed by atoms with E-state index in [2.05, 4.69) is 31.2 Å². The summed E-state index contributed by atoms with van der Waals surface area (Å²) >= 11 is 3.39. The Bertz CT molecular complexity index is 963. The number of pyridine rings is 2. The zero-order valence-corrected chi connectivity index (χ0v) is 15.4. The van der Waals surface area contributed by atoms with Crippen LogP contribution in [0.25, 0.3) is 11.0 Å². The van der Waals surface area contributed by atoms with Crippen molar-refractivity contribution in [1.82, 2.24) is 14.9 Å². The third-order valence-electron chi connectivity index (χ3n) is 4.46. The average Bonchev–Trinajstić information content (AvgIpc) is 2.97. The van der Waals surface area contributed by atoms with E-state index >= 15 is 0 Å². The second-order valence-electron chi connectivity index (χ2n) is 6.25. The summed E-state index contributed by atoms with van der Waals surface area (Å²) in [6.45, 7) is 1.15. The lowest BCUT2D eigenvalue weighted by atomic mass is 10.2. The Labute approximate surface area is 158 Å². The standard InChI is InChI=1S/C19H16BrFN4O/c20-13-9-17-18(23-10-13)15(5-7-22-17)24-16-6-8-25(19(16)26)11-12-1-3-14(21)4-2-12/h1-5,7,9-10,16H,6,8,11H2,(H,22,24). The van der Waals surface area contributed by atoms with Crippen LogP contribution < -0.4 is 5.32 Å². The maximum Gasteiger partial charge on any atom is 0.245 e. The Kier molecular flexibility index (Phi) is 4.55. The Hall–Kier alpha value is -2.54. The van der Waals surface area contributed by atoms with Crippen molar-refractivity contribution in [3.05, 3.63) is 64.6 Å². The monoisotopic (exact) mass is 414 g/mol. The summed E-state index contributed by atoms with van der Waals surface area (Å²) in [6, 6.07) is 9.68. The molecule has 1 aromatic carbocycles. The van der Waals surface area contributed by atoms with Crippen molar-refractivity contribution in [2.45, 2.75) is 19.0 Å². The van der Waals surface area contributed by atoms with Crippen LogP contribution in [-0.2, 0) is 11.3 Å². The number of nitrogens with one attached hydrogen (secondary N) is 1. The second-order valence-corrected chi connectivity index (χ2v) is 7.17. The highest BCUT2D eigenvalue weighted by atomic mass is 79.9. The van der Waals surface area contributed by atoms with Gasteiger partial charge in [0, 0.05) is 30.0 Å². The van der Waals surface area contributed by atoms with Gasteiger partial charge in [0.1, 0.15) is 17.4 Å². The molecule has 1 aliphatic rings. The molecule has 1 amide bonds. The minimum absolute atomic E-state index is 0.0383. The molecule has 132 valence electrons. The van der Waals surface area contributed by atoms with Gasteiger partial charge in [-0.1, -0.05) is 12.1 Å². The van der Waals surface area contributed by atoms with E-state index in [1.807, 2.05) is 12.1 Å². The summed E-state index contributed by atoms with van der Waals surface area (Å²) < 4.78 is 13.9. The van der Waals surface area contributed by atoms with Crippen molar-refractivity contribution in [2.75, 3.05) is 11.9 Å². The molecule has 1 fully saturated rings. The van der Waals surface area contributed by atoms with Crippen LogP contribution in [0.4, 0.5) is 10.1 Å². The largest absolute Gasteiger partial charge is 0.372 e. The fraction of sp³-hybridized carbons (Fsp3) is 0.211. The quantitative estimate of drug-likeness (QED) is 0.706. The van der Waals surface area contributed by atoms with E-state index in [0.717, 1.165) is 26.8 Å². The van der Waals surface area contributed by atoms with Gasteiger partial charge in [0.15, 0.2) is 0 Å². The lowest BCUT2D eigenvalue weighted by Gasteiger charge is -2.18. The van der Waals surface area contributed by atoms with Crippen LogP contribution >= 0.6 is 15.9 Å². The third kappa shape index (κ3) is 3.39. The van der Waals surface area contributed by atoms with Gasteiger partial charge in [0.05, 0.1) is 11.2 Å². The molecule has 0 spiro atoms. The molecule has 0 aliphatic carbocycles. The van der Waals surface area contributed by atoms with Gasteiger partial charge in [-0.25, -0.2) is 4.39 Å². The van der Waals surface area contributed by atoms with Gasteiger partial charge in [-0.3, -0.25) is 14.8 Å². The normalized spacial score (nSPS) is 17.1. The molecule has 1 saturated heterocycles. The highest BCUT2D eigenvalue weighted by Gasteiger charge is 2.31. The number of anilines is 1. The molecule has 7 heteroatoms. The summed E-state index contributed by atoms with van der Waals surface area (Å²) in [5, 5.41) is 3.31. The molecule has 2 aromatic heterocycles. The lowest BCUT2D eigenvalue weighted by Crippen LogP contribution is -2.33. The number of aromatic nitrogens is 2. The molecule has 1 atom stereocenters. The van der Waals surface area contributed by atoms with Crippen molar-refractivity contribution in [3.8, 4) is 0 Å². The first kappa shape index (κ1) is 16.9. The Morgan fingerprint density at radius 3 is 2.85 bits per heavy atom. The smallest absolute Gasteiger partial charge is 0.245 e. The van der Waals surface area contributed by atoms with Crippen LogP contribution in [0, 0.1) is 5.82 Å². The predicted octanol–water partition coefficient (Wildman–Crippen LogP) is 3.74. The van der Waals surface area contributed by atoms with Crippen LogP contribution in [0.5, 0.6) is 0 Å². The summed E-state index contributed by atoms with van der Waals surface area (Å²) in [5.41, 5.74) is 3.21. The van der Waals surface area contributed by atoms with Crippen molar-refractivity contribution >= 4 is 38.6 Å². The fourth-order valence-corrected chi connectivity index (χ4v) is 3.47. The first-order valence-corrected chi connectivity index (χ1v) is 9.09. The summed E-state index contributed by atoms with van der Waals surface area (Å²) in [5.74, 6) is -0.235. The van der Waals surface area contributed by atoms with E-state index in [1.165, 1.54) is 12.1 Å². The molecule has 26 heavy (non-hydrogen) atoms. The van der Waals surface area contributed by atoms with Gasteiger partial charge >= 0.3 is 0 Å². The number of likely N-dealkylation sites (tertiary alicyclic amines) is 1. The number of fused-ring (bicyclic) bond motifs is 1. The SMILES string of the molecule is O=C1C(Nc2ccnc3cc(Br)cnc23)CCN1Cc1ccc(F)cc1. The third-order valence-corrected chi connectivity index (χ3v) is 4.89. The molecule has 1 unspecified atom stereocenters. The Morgan fingerprint density at radius 1 is 1.23 bits per heavy atom. The van der Waals surface area contributed by atoms with Crippen molar-refractivity contribution in [2.24, 2.45) is 0 Å². The maximum atomic E-state index is 13.0. The van der Waals surface area contributed by atoms with Crippen LogP contribution in [-0.4, -0.2) is 33.4 Å². The highest BCUT2D eigenvalue weighted by Crippen LogP contribution is 2.25. The van der Waals surface area contributed by atoms with E-state index in [0.29, 0.717) is 19.5 Å². The van der Waals surface area contributed by atoms with Crippen molar-refractivity contribution in [1.29, 1.82) is 0 Å². The number of halogens is 2. The summed E-state index contributed by atoms with van der Waals surface area (Å²) in [4.78, 5) is 23.2. The molecule has 1 N–H and O–H groups in total. The average molecular weight is 415 g/mol. The van der Waals surface area contributed by atoms with Crippen LogP contribution in [0.2, 0.25) is 0 Å². The maximum absolute atomic E-state index is 13.0. The van der Waals surface area contributed by atoms with Gasteiger partial charge in [0.25, 0.3) is 0 Å². The minimum atomic E-state index is -0.300. The molecular weight excluding hydrogens is 399 g/mol. The second kappa shape index (κ2) is 6.99. The predicted molar refractivity (Wildman–Crippen MR) is 101 cm³/mol. The Morgan fingerprint density at radius 2 is 2.04 bits per heavy atom. The molecule has 0 saturated carbocycles. The molecule has 1 aliphatic heterocycles. The van der Waals surface area contributed by atoms with Crippen LogP contribution in [0.1, 0.15) is 12.0 Å². The number of carbonyl (C=O) groups is 1.